The number of nitrogens with zero attached hydrogens (tertiary/aromatic N) is 5. The summed E-state index contributed by atoms with van der Waals surface area (Å²) >= 11 is 6.46. The van der Waals surface area contributed by atoms with Gasteiger partial charge in [0.1, 0.15) is 35.8 Å². The lowest BCUT2D eigenvalue weighted by Gasteiger charge is -2.39. The van der Waals surface area contributed by atoms with Crippen molar-refractivity contribution in [3.63, 3.8) is 0 Å². The number of nitriles is 1. The Morgan fingerprint density at radius 3 is 2.60 bits per heavy atom. The summed E-state index contributed by atoms with van der Waals surface area (Å²) < 4.78 is 41.7. The van der Waals surface area contributed by atoms with Gasteiger partial charge in [0.2, 0.25) is 11.9 Å². The van der Waals surface area contributed by atoms with Gasteiger partial charge in [0.15, 0.2) is 0 Å². The number of carbonyl (C=O) groups excluding carboxylic acids is 3. The number of aromatic nitrogens is 2. The van der Waals surface area contributed by atoms with Crippen LogP contribution in [0.5, 0.6) is 0 Å². The van der Waals surface area contributed by atoms with E-state index in [1.165, 1.54) is 36.5 Å². The zero-order valence-corrected chi connectivity index (χ0v) is 22.4. The van der Waals surface area contributed by atoms with Crippen LogP contribution in [0.2, 0.25) is 5.02 Å². The number of benzene rings is 2. The molecule has 2 fully saturated rings. The van der Waals surface area contributed by atoms with Crippen molar-refractivity contribution < 1.29 is 32.7 Å². The summed E-state index contributed by atoms with van der Waals surface area (Å²) in [4.78, 5) is 50.9. The van der Waals surface area contributed by atoms with Gasteiger partial charge in [-0.3, -0.25) is 24.2 Å². The second-order valence-electron chi connectivity index (χ2n) is 9.91. The van der Waals surface area contributed by atoms with Crippen LogP contribution in [-0.2, 0) is 14.4 Å². The molecule has 1 saturated carbocycles. The van der Waals surface area contributed by atoms with E-state index < -0.39 is 73.0 Å². The highest BCUT2D eigenvalue weighted by Crippen LogP contribution is 2.39. The van der Waals surface area contributed by atoms with Crippen LogP contribution < -0.4 is 15.1 Å². The molecule has 1 saturated heterocycles. The van der Waals surface area contributed by atoms with E-state index in [4.69, 9.17) is 11.6 Å². The van der Waals surface area contributed by atoms with Crippen molar-refractivity contribution in [2.24, 2.45) is 0 Å². The molecule has 1 aromatic heterocycles. The molecular weight excluding hydrogens is 577 g/mol. The monoisotopic (exact) mass is 598 g/mol. The first kappa shape index (κ1) is 29.0. The van der Waals surface area contributed by atoms with E-state index in [-0.39, 0.29) is 27.9 Å². The molecule has 3 amide bonds. The first-order valence-electron chi connectivity index (χ1n) is 12.7. The first-order chi connectivity index (χ1) is 20.0. The van der Waals surface area contributed by atoms with E-state index in [2.05, 4.69) is 15.3 Å². The van der Waals surface area contributed by atoms with Crippen LogP contribution >= 0.6 is 11.6 Å². The normalized spacial score (nSPS) is 20.4. The van der Waals surface area contributed by atoms with Crippen LogP contribution in [0.3, 0.4) is 0 Å². The fourth-order valence-corrected chi connectivity index (χ4v) is 5.27. The third-order valence-electron chi connectivity index (χ3n) is 7.01. The predicted octanol–water partition coefficient (Wildman–Crippen LogP) is 3.30. The molecule has 3 unspecified atom stereocenters. The van der Waals surface area contributed by atoms with Gasteiger partial charge in [0.05, 0.1) is 0 Å². The van der Waals surface area contributed by atoms with Crippen molar-refractivity contribution in [2.75, 3.05) is 9.80 Å². The van der Waals surface area contributed by atoms with E-state index in [0.717, 1.165) is 21.9 Å². The molecule has 2 aliphatic rings. The summed E-state index contributed by atoms with van der Waals surface area (Å²) in [7, 11) is 0. The second-order valence-corrected chi connectivity index (χ2v) is 10.3. The minimum atomic E-state index is -2.95. The molecule has 1 aliphatic heterocycles. The van der Waals surface area contributed by atoms with E-state index in [0.29, 0.717) is 0 Å². The topological polar surface area (TPSA) is 140 Å². The number of alkyl halides is 2. The minimum absolute atomic E-state index is 0.0511. The van der Waals surface area contributed by atoms with Gasteiger partial charge in [-0.05, 0) is 30.3 Å². The van der Waals surface area contributed by atoms with Gasteiger partial charge in [-0.15, -0.1) is 0 Å². The van der Waals surface area contributed by atoms with Gasteiger partial charge in [-0.2, -0.15) is 5.26 Å². The quantitative estimate of drug-likeness (QED) is 0.425. The van der Waals surface area contributed by atoms with Crippen LogP contribution in [-0.4, -0.2) is 56.9 Å². The molecule has 0 bridgehead atoms. The average Bonchev–Trinajstić information content (AvgIpc) is 3.24. The molecule has 3 aromatic rings. The Bertz CT molecular complexity index is 1590. The Hall–Kier alpha value is -4.54. The fourth-order valence-electron chi connectivity index (χ4n) is 5.04. The number of aliphatic hydroxyl groups is 1. The van der Waals surface area contributed by atoms with Crippen LogP contribution in [0.25, 0.3) is 0 Å². The number of anilines is 2. The molecule has 0 radical (unpaired) electrons. The molecule has 14 heteroatoms. The summed E-state index contributed by atoms with van der Waals surface area (Å²) in [6, 6.07) is 9.85. The zero-order valence-electron chi connectivity index (χ0n) is 21.6. The van der Waals surface area contributed by atoms with E-state index in [9.17, 15) is 37.9 Å². The predicted molar refractivity (Wildman–Crippen MR) is 143 cm³/mol. The van der Waals surface area contributed by atoms with Crippen molar-refractivity contribution in [1.82, 2.24) is 15.3 Å². The van der Waals surface area contributed by atoms with Crippen LogP contribution in [0.4, 0.5) is 24.8 Å². The number of aliphatic hydroxyl groups excluding tert-OH is 1. The lowest BCUT2D eigenvalue weighted by atomic mass is 9.87. The number of hydrogen-bond acceptors (Lipinski definition) is 7. The van der Waals surface area contributed by atoms with Gasteiger partial charge in [-0.25, -0.2) is 23.1 Å². The lowest BCUT2D eigenvalue weighted by Crippen LogP contribution is -2.56. The molecule has 216 valence electrons. The van der Waals surface area contributed by atoms with Crippen molar-refractivity contribution in [3.05, 3.63) is 82.9 Å². The van der Waals surface area contributed by atoms with Gasteiger partial charge in [0.25, 0.3) is 17.7 Å². The van der Waals surface area contributed by atoms with E-state index in [1.807, 2.05) is 0 Å². The molecule has 10 nitrogen and oxygen atoms in total. The highest BCUT2D eigenvalue weighted by atomic mass is 35.5. The largest absolute Gasteiger partial charge is 0.383 e. The highest BCUT2D eigenvalue weighted by molar-refractivity contribution is 6.31. The summed E-state index contributed by atoms with van der Waals surface area (Å²) in [5.41, 5.74) is -0.132. The molecule has 2 heterocycles. The summed E-state index contributed by atoms with van der Waals surface area (Å²) in [5, 5.41) is 22.3. The number of rotatable bonds is 7. The molecule has 2 N–H and O–H groups in total. The smallest absolute Gasteiger partial charge is 0.259 e. The summed E-state index contributed by atoms with van der Waals surface area (Å²) in [6.07, 6.45) is -2.13. The fraction of sp³-hybridized carbons (Fsp3) is 0.286. The number of nitrogens with one attached hydrogen (secondary N) is 1. The Morgan fingerprint density at radius 2 is 1.93 bits per heavy atom. The number of hydrogen-bond donors (Lipinski definition) is 2. The maximum Gasteiger partial charge on any atom is 0.259 e. The van der Waals surface area contributed by atoms with Crippen LogP contribution in [0.1, 0.15) is 36.6 Å². The average molecular weight is 599 g/mol. The van der Waals surface area contributed by atoms with Crippen molar-refractivity contribution >= 4 is 41.0 Å². The molecule has 5 rings (SSSR count). The molecule has 42 heavy (non-hydrogen) atoms. The summed E-state index contributed by atoms with van der Waals surface area (Å²) in [5.74, 6) is -6.81. The molecule has 3 atom stereocenters. The third-order valence-corrected chi connectivity index (χ3v) is 7.35. The lowest BCUT2D eigenvalue weighted by molar-refractivity contribution is -0.133. The number of carbonyl (C=O) groups is 3. The minimum Gasteiger partial charge on any atom is -0.383 e. The Labute approximate surface area is 242 Å². The van der Waals surface area contributed by atoms with E-state index in [1.54, 1.807) is 18.2 Å². The number of amides is 3. The van der Waals surface area contributed by atoms with Crippen molar-refractivity contribution in [1.29, 1.82) is 5.26 Å². The SMILES string of the molecule is N#Cc1ccnc(N2C(=O)C(O)CC2C(=O)N(c2cccc(F)c2)C(C(=O)NC2CC(F)(F)C2)c2ccccc2Cl)n1. The zero-order chi connectivity index (χ0) is 30.2. The van der Waals surface area contributed by atoms with E-state index >= 15 is 0 Å². The van der Waals surface area contributed by atoms with Crippen LogP contribution in [0.15, 0.2) is 60.8 Å². The van der Waals surface area contributed by atoms with Gasteiger partial charge in [0, 0.05) is 47.8 Å². The van der Waals surface area contributed by atoms with Gasteiger partial charge < -0.3 is 10.4 Å². The Morgan fingerprint density at radius 1 is 1.19 bits per heavy atom. The molecule has 0 spiro atoms. The summed E-state index contributed by atoms with van der Waals surface area (Å²) in [6.45, 7) is 0. The standard InChI is InChI=1S/C28H22ClF3N6O4/c29-20-7-2-1-6-19(20)23(24(40)35-17-12-28(31,32)13-17)37(18-5-3-4-15(30)10-18)25(41)21-11-22(39)26(42)38(21)27-34-9-8-16(14-33)36-27/h1-10,17,21-23,39H,11-13H2,(H,35,40). The van der Waals surface area contributed by atoms with Gasteiger partial charge >= 0.3 is 0 Å². The number of halogens is 4. The van der Waals surface area contributed by atoms with Gasteiger partial charge in [-0.1, -0.05) is 35.9 Å². The second kappa shape index (κ2) is 11.4. The molecule has 1 aliphatic carbocycles. The highest BCUT2D eigenvalue weighted by Gasteiger charge is 2.50. The Kier molecular flexibility index (Phi) is 7.85. The van der Waals surface area contributed by atoms with Crippen molar-refractivity contribution in [3.8, 4) is 6.07 Å². The third kappa shape index (κ3) is 5.63. The van der Waals surface area contributed by atoms with Crippen molar-refractivity contribution in [2.45, 2.75) is 49.4 Å². The first-order valence-corrected chi connectivity index (χ1v) is 13.1. The maximum absolute atomic E-state index is 14.5. The molecular formula is C28H22ClF3N6O4. The maximum atomic E-state index is 14.5. The Balaban J connectivity index is 1.63. The van der Waals surface area contributed by atoms with Crippen LogP contribution in [0, 0.1) is 17.1 Å². The molecule has 2 aromatic carbocycles.